The summed E-state index contributed by atoms with van der Waals surface area (Å²) < 4.78 is 10.8. The summed E-state index contributed by atoms with van der Waals surface area (Å²) in [7, 11) is 3.30. The van der Waals surface area contributed by atoms with Gasteiger partial charge in [0.05, 0.1) is 14.2 Å². The molecule has 1 unspecified atom stereocenters. The molecule has 0 spiro atoms. The molecule has 0 bridgehead atoms. The van der Waals surface area contributed by atoms with Crippen LogP contribution in [0.1, 0.15) is 29.5 Å². The number of phenolic OH excluding ortho intramolecular Hbond substituents is 1. The fourth-order valence-corrected chi connectivity index (χ4v) is 5.20. The highest BCUT2D eigenvalue weighted by molar-refractivity contribution is 6.04. The number of hydrogen-bond acceptors (Lipinski definition) is 4. The molecule has 0 fully saturated rings. The van der Waals surface area contributed by atoms with Crippen molar-refractivity contribution in [2.75, 3.05) is 14.2 Å². The van der Waals surface area contributed by atoms with Crippen molar-refractivity contribution in [2.24, 2.45) is 5.92 Å². The second-order valence-corrected chi connectivity index (χ2v) is 8.41. The van der Waals surface area contributed by atoms with Gasteiger partial charge in [0.25, 0.3) is 0 Å². The lowest BCUT2D eigenvalue weighted by atomic mass is 9.73. The van der Waals surface area contributed by atoms with Gasteiger partial charge in [0.2, 0.25) is 0 Å². The minimum absolute atomic E-state index is 0.130. The number of rotatable bonds is 5. The van der Waals surface area contributed by atoms with Gasteiger partial charge >= 0.3 is 0 Å². The van der Waals surface area contributed by atoms with Crippen molar-refractivity contribution in [1.82, 2.24) is 0 Å². The largest absolute Gasteiger partial charge is 0.507 e. The Hall–Kier alpha value is -3.53. The number of phenols is 1. The van der Waals surface area contributed by atoms with E-state index in [1.54, 1.807) is 26.4 Å². The van der Waals surface area contributed by atoms with Crippen LogP contribution in [0.5, 0.6) is 17.2 Å². The molecule has 4 heteroatoms. The quantitative estimate of drug-likeness (QED) is 0.573. The highest BCUT2D eigenvalue weighted by Gasteiger charge is 2.31. The molecular formula is C28H26O4. The van der Waals surface area contributed by atoms with Crippen molar-refractivity contribution in [3.63, 3.8) is 0 Å². The number of allylic oxidation sites excluding steroid dienone is 4. The zero-order chi connectivity index (χ0) is 22.2. The molecule has 0 saturated carbocycles. The number of fused-ring (bicyclic) bond motifs is 4. The van der Waals surface area contributed by atoms with E-state index in [1.165, 1.54) is 11.1 Å². The Morgan fingerprint density at radius 2 is 1.88 bits per heavy atom. The molecule has 1 atom stereocenters. The first kappa shape index (κ1) is 20.4. The van der Waals surface area contributed by atoms with Crippen LogP contribution in [0.4, 0.5) is 0 Å². The summed E-state index contributed by atoms with van der Waals surface area (Å²) in [6, 6.07) is 15.7. The van der Waals surface area contributed by atoms with E-state index in [1.807, 2.05) is 36.4 Å². The predicted molar refractivity (Wildman–Crippen MR) is 126 cm³/mol. The fourth-order valence-electron chi connectivity index (χ4n) is 5.20. The molecule has 2 aliphatic carbocycles. The Bertz CT molecular complexity index is 1280. The molecule has 3 aromatic rings. The van der Waals surface area contributed by atoms with Crippen molar-refractivity contribution >= 4 is 22.1 Å². The first-order chi connectivity index (χ1) is 15.6. The topological polar surface area (TPSA) is 55.8 Å². The lowest BCUT2D eigenvalue weighted by Gasteiger charge is -2.30. The molecule has 4 nitrogen and oxygen atoms in total. The number of ketones is 1. The smallest absolute Gasteiger partial charge is 0.162 e. The van der Waals surface area contributed by atoms with E-state index in [9.17, 15) is 9.90 Å². The van der Waals surface area contributed by atoms with E-state index in [2.05, 4.69) is 12.1 Å². The van der Waals surface area contributed by atoms with E-state index >= 15 is 0 Å². The maximum Gasteiger partial charge on any atom is 0.162 e. The zero-order valence-electron chi connectivity index (χ0n) is 18.4. The molecule has 5 rings (SSSR count). The number of methoxy groups -OCH3 is 2. The molecule has 0 aromatic heterocycles. The Balaban J connectivity index is 1.49. The SMILES string of the molecule is COc1ccc(CCC2C(=O)C=CC3=C2CCc2c3ccc3cccc(O)c23)c(OC)c1. The van der Waals surface area contributed by atoms with Crippen LogP contribution >= 0.6 is 0 Å². The predicted octanol–water partition coefficient (Wildman–Crippen LogP) is 5.65. The lowest BCUT2D eigenvalue weighted by molar-refractivity contribution is -0.117. The summed E-state index contributed by atoms with van der Waals surface area (Å²) in [5.41, 5.74) is 5.74. The monoisotopic (exact) mass is 426 g/mol. The maximum atomic E-state index is 12.9. The van der Waals surface area contributed by atoms with Gasteiger partial charge in [0.15, 0.2) is 5.78 Å². The first-order valence-corrected chi connectivity index (χ1v) is 11.0. The first-order valence-electron chi connectivity index (χ1n) is 11.0. The Morgan fingerprint density at radius 1 is 1.00 bits per heavy atom. The van der Waals surface area contributed by atoms with Gasteiger partial charge in [-0.3, -0.25) is 4.79 Å². The van der Waals surface area contributed by atoms with Gasteiger partial charge in [-0.15, -0.1) is 0 Å². The van der Waals surface area contributed by atoms with E-state index in [0.29, 0.717) is 5.75 Å². The van der Waals surface area contributed by atoms with Crippen molar-refractivity contribution in [2.45, 2.75) is 25.7 Å². The van der Waals surface area contributed by atoms with Crippen molar-refractivity contribution < 1.29 is 19.4 Å². The standard InChI is InChI=1S/C28H26O4/c1-31-19-9-6-17(27(16-19)32-2)7-11-23-21-12-13-24-22(20(21)14-15-25(23)29)10-8-18-4-3-5-26(30)28(18)24/h3-6,8-10,14-16,23,30H,7,11-13H2,1-2H3. The van der Waals surface area contributed by atoms with E-state index in [-0.39, 0.29) is 11.7 Å². The summed E-state index contributed by atoms with van der Waals surface area (Å²) in [5, 5.41) is 12.5. The highest BCUT2D eigenvalue weighted by Crippen LogP contribution is 2.44. The third-order valence-electron chi connectivity index (χ3n) is 6.79. The highest BCUT2D eigenvalue weighted by atomic mass is 16.5. The molecule has 0 amide bonds. The van der Waals surface area contributed by atoms with Crippen LogP contribution in [0.3, 0.4) is 0 Å². The molecule has 162 valence electrons. The molecule has 0 saturated heterocycles. The van der Waals surface area contributed by atoms with Gasteiger partial charge < -0.3 is 14.6 Å². The molecule has 0 heterocycles. The van der Waals surface area contributed by atoms with Gasteiger partial charge in [-0.05, 0) is 71.5 Å². The van der Waals surface area contributed by atoms with E-state index < -0.39 is 0 Å². The van der Waals surface area contributed by atoms with Crippen molar-refractivity contribution in [3.05, 3.63) is 82.9 Å². The average molecular weight is 427 g/mol. The maximum absolute atomic E-state index is 12.9. The molecule has 0 radical (unpaired) electrons. The van der Waals surface area contributed by atoms with Crippen LogP contribution < -0.4 is 9.47 Å². The Morgan fingerprint density at radius 3 is 2.69 bits per heavy atom. The number of carbonyl (C=O) groups excluding carboxylic acids is 1. The fraction of sp³-hybridized carbons (Fsp3) is 0.250. The van der Waals surface area contributed by atoms with E-state index in [0.717, 1.165) is 64.7 Å². The summed E-state index contributed by atoms with van der Waals surface area (Å²) >= 11 is 0. The van der Waals surface area contributed by atoms with Crippen LogP contribution in [0.2, 0.25) is 0 Å². The Labute approximate surface area is 187 Å². The number of ether oxygens (including phenoxy) is 2. The third kappa shape index (κ3) is 3.36. The van der Waals surface area contributed by atoms with Gasteiger partial charge in [-0.1, -0.05) is 42.0 Å². The van der Waals surface area contributed by atoms with Crippen LogP contribution in [-0.4, -0.2) is 25.1 Å². The normalized spacial score (nSPS) is 17.3. The Kier molecular flexibility index (Phi) is 5.22. The summed E-state index contributed by atoms with van der Waals surface area (Å²) in [6.07, 6.45) is 6.83. The van der Waals surface area contributed by atoms with Crippen LogP contribution in [0.15, 0.2) is 66.3 Å². The summed E-state index contributed by atoms with van der Waals surface area (Å²) in [4.78, 5) is 12.9. The third-order valence-corrected chi connectivity index (χ3v) is 6.79. The van der Waals surface area contributed by atoms with E-state index in [4.69, 9.17) is 9.47 Å². The second-order valence-electron chi connectivity index (χ2n) is 8.41. The summed E-state index contributed by atoms with van der Waals surface area (Å²) in [5.74, 6) is 1.90. The minimum atomic E-state index is -0.130. The van der Waals surface area contributed by atoms with Gasteiger partial charge in [0, 0.05) is 17.4 Å². The van der Waals surface area contributed by atoms with Crippen molar-refractivity contribution in [1.29, 1.82) is 0 Å². The number of hydrogen-bond donors (Lipinski definition) is 1. The van der Waals surface area contributed by atoms with Crippen LogP contribution in [0.25, 0.3) is 16.3 Å². The molecule has 0 aliphatic heterocycles. The minimum Gasteiger partial charge on any atom is -0.507 e. The van der Waals surface area contributed by atoms with Gasteiger partial charge in [-0.2, -0.15) is 0 Å². The molecule has 32 heavy (non-hydrogen) atoms. The van der Waals surface area contributed by atoms with Gasteiger partial charge in [0.1, 0.15) is 17.2 Å². The number of aromatic hydroxyl groups is 1. The number of aryl methyl sites for hydroxylation is 2. The van der Waals surface area contributed by atoms with Crippen LogP contribution in [0, 0.1) is 5.92 Å². The number of benzene rings is 3. The lowest BCUT2D eigenvalue weighted by Crippen LogP contribution is -2.23. The molecule has 3 aromatic carbocycles. The van der Waals surface area contributed by atoms with Gasteiger partial charge in [-0.25, -0.2) is 0 Å². The average Bonchev–Trinajstić information content (AvgIpc) is 2.82. The van der Waals surface area contributed by atoms with Crippen molar-refractivity contribution in [3.8, 4) is 17.2 Å². The molecule has 1 N–H and O–H groups in total. The second kappa shape index (κ2) is 8.19. The number of carbonyl (C=O) groups is 1. The molecule has 2 aliphatic rings. The molecular weight excluding hydrogens is 400 g/mol. The van der Waals surface area contributed by atoms with Crippen LogP contribution in [-0.2, 0) is 17.6 Å². The zero-order valence-corrected chi connectivity index (χ0v) is 18.4. The summed E-state index contributed by atoms with van der Waals surface area (Å²) in [6.45, 7) is 0.